The Labute approximate surface area is 131 Å². The van der Waals surface area contributed by atoms with Gasteiger partial charge < -0.3 is 5.32 Å². The van der Waals surface area contributed by atoms with Crippen LogP contribution in [-0.4, -0.2) is 28.8 Å². The van der Waals surface area contributed by atoms with Crippen molar-refractivity contribution in [3.8, 4) is 0 Å². The van der Waals surface area contributed by atoms with Gasteiger partial charge in [0.1, 0.15) is 5.82 Å². The number of hydrogen-bond acceptors (Lipinski definition) is 4. The average Bonchev–Trinajstić information content (AvgIpc) is 3.01. The molecule has 0 atom stereocenters. The van der Waals surface area contributed by atoms with Crippen molar-refractivity contribution in [1.82, 2.24) is 14.5 Å². The summed E-state index contributed by atoms with van der Waals surface area (Å²) in [4.78, 5) is 12.2. The van der Waals surface area contributed by atoms with Crippen LogP contribution in [0.5, 0.6) is 0 Å². The van der Waals surface area contributed by atoms with Crippen LogP contribution in [0.2, 0.25) is 5.02 Å². The summed E-state index contributed by atoms with van der Waals surface area (Å²) >= 11 is 5.97. The van der Waals surface area contributed by atoms with Gasteiger partial charge in [0.25, 0.3) is 16.1 Å². The maximum absolute atomic E-state index is 12.2. The summed E-state index contributed by atoms with van der Waals surface area (Å²) in [5.41, 5.74) is 1.44. The minimum absolute atomic E-state index is 0.0583. The largest absolute Gasteiger partial charge is 0.307 e. The number of fused-ring (bicyclic) bond motifs is 1. The van der Waals surface area contributed by atoms with Crippen LogP contribution in [0, 0.1) is 0 Å². The van der Waals surface area contributed by atoms with E-state index in [4.69, 9.17) is 16.7 Å². The molecule has 0 aliphatic carbocycles. The molecule has 2 aromatic rings. The molecule has 116 valence electrons. The van der Waals surface area contributed by atoms with Crippen molar-refractivity contribution >= 4 is 33.5 Å². The van der Waals surface area contributed by atoms with Gasteiger partial charge in [0, 0.05) is 12.1 Å². The van der Waals surface area contributed by atoms with Crippen LogP contribution in [0.15, 0.2) is 24.3 Å². The van der Waals surface area contributed by atoms with Gasteiger partial charge in [-0.3, -0.25) is 9.89 Å². The number of aromatic amines is 1. The first-order chi connectivity index (χ1) is 10.4. The molecule has 0 saturated carbocycles. The summed E-state index contributed by atoms with van der Waals surface area (Å²) in [5.74, 6) is -0.0721. The molecule has 0 saturated heterocycles. The van der Waals surface area contributed by atoms with Crippen LogP contribution in [0.1, 0.15) is 21.6 Å². The molecule has 10 heteroatoms. The Morgan fingerprint density at radius 1 is 1.36 bits per heavy atom. The van der Waals surface area contributed by atoms with Gasteiger partial charge in [-0.25, -0.2) is 5.14 Å². The van der Waals surface area contributed by atoms with Crippen LogP contribution < -0.4 is 10.5 Å². The molecule has 1 aromatic carbocycles. The van der Waals surface area contributed by atoms with E-state index >= 15 is 0 Å². The maximum Gasteiger partial charge on any atom is 0.277 e. The Morgan fingerprint density at radius 3 is 2.77 bits per heavy atom. The summed E-state index contributed by atoms with van der Waals surface area (Å²) in [5, 5.41) is 14.7. The highest BCUT2D eigenvalue weighted by Crippen LogP contribution is 2.28. The van der Waals surface area contributed by atoms with Crippen molar-refractivity contribution in [1.29, 1.82) is 0 Å². The predicted octanol–water partition coefficient (Wildman–Crippen LogP) is 0.835. The third-order valence-corrected chi connectivity index (χ3v) is 4.64. The molecule has 22 heavy (non-hydrogen) atoms. The zero-order valence-corrected chi connectivity index (χ0v) is 12.8. The number of H-pyrrole nitrogens is 1. The molecule has 1 amide bonds. The fourth-order valence-corrected chi connectivity index (χ4v) is 3.05. The Morgan fingerprint density at radius 2 is 2.09 bits per heavy atom. The van der Waals surface area contributed by atoms with Gasteiger partial charge in [-0.05, 0) is 12.1 Å². The Kier molecular flexibility index (Phi) is 3.65. The summed E-state index contributed by atoms with van der Waals surface area (Å²) in [6, 6.07) is 6.61. The van der Waals surface area contributed by atoms with Gasteiger partial charge in [-0.2, -0.15) is 17.8 Å². The normalized spacial score (nSPS) is 14.8. The highest BCUT2D eigenvalue weighted by Gasteiger charge is 2.31. The topological polar surface area (TPSA) is 121 Å². The molecular weight excluding hydrogens is 330 g/mol. The number of halogens is 1. The van der Waals surface area contributed by atoms with Crippen molar-refractivity contribution in [3.05, 3.63) is 46.1 Å². The maximum atomic E-state index is 12.2. The van der Waals surface area contributed by atoms with Gasteiger partial charge in [0.15, 0.2) is 0 Å². The molecule has 2 heterocycles. The van der Waals surface area contributed by atoms with Crippen LogP contribution in [0.3, 0.4) is 0 Å². The summed E-state index contributed by atoms with van der Waals surface area (Å²) in [6.45, 7) is 0.134. The smallest absolute Gasteiger partial charge is 0.277 e. The lowest BCUT2D eigenvalue weighted by Crippen LogP contribution is -2.32. The van der Waals surface area contributed by atoms with Crippen molar-refractivity contribution in [2.24, 2.45) is 5.14 Å². The molecule has 0 radical (unpaired) electrons. The van der Waals surface area contributed by atoms with E-state index in [-0.39, 0.29) is 13.1 Å². The van der Waals surface area contributed by atoms with Crippen LogP contribution in [-0.2, 0) is 23.3 Å². The number of nitrogens with zero attached hydrogens (tertiary/aromatic N) is 2. The molecule has 3 rings (SSSR count). The zero-order chi connectivity index (χ0) is 15.9. The van der Waals surface area contributed by atoms with Crippen LogP contribution in [0.4, 0.5) is 5.82 Å². The monoisotopic (exact) mass is 341 g/mol. The van der Waals surface area contributed by atoms with Crippen molar-refractivity contribution < 1.29 is 13.2 Å². The number of hydrogen-bond donors (Lipinski definition) is 3. The third-order valence-electron chi connectivity index (χ3n) is 3.33. The predicted molar refractivity (Wildman–Crippen MR) is 80.3 cm³/mol. The first kappa shape index (κ1) is 15.0. The van der Waals surface area contributed by atoms with E-state index in [9.17, 15) is 13.2 Å². The zero-order valence-electron chi connectivity index (χ0n) is 11.2. The lowest BCUT2D eigenvalue weighted by Gasteiger charge is -2.11. The third kappa shape index (κ3) is 2.71. The van der Waals surface area contributed by atoms with Gasteiger partial charge in [-0.1, -0.05) is 23.7 Å². The van der Waals surface area contributed by atoms with E-state index in [1.54, 1.807) is 24.3 Å². The number of nitrogens with one attached hydrogen (secondary N) is 2. The molecule has 0 bridgehead atoms. The molecule has 0 unspecified atom stereocenters. The second-order valence-corrected chi connectivity index (χ2v) is 6.72. The number of benzene rings is 1. The number of anilines is 1. The van der Waals surface area contributed by atoms with E-state index in [0.717, 1.165) is 4.31 Å². The fourth-order valence-electron chi connectivity index (χ4n) is 2.21. The molecule has 1 aliphatic rings. The highest BCUT2D eigenvalue weighted by atomic mass is 35.5. The SMILES string of the molecule is NS(=O)(=O)N1Cc2n[nH]c(NC(=O)c3ccccc3Cl)c2C1. The summed E-state index contributed by atoms with van der Waals surface area (Å²) in [6.07, 6.45) is 0. The molecule has 4 N–H and O–H groups in total. The van der Waals surface area contributed by atoms with E-state index in [0.29, 0.717) is 27.7 Å². The number of carbonyl (C=O) groups is 1. The number of aromatic nitrogens is 2. The number of carbonyl (C=O) groups excluding carboxylic acids is 1. The Hall–Kier alpha value is -1.94. The van der Waals surface area contributed by atoms with Gasteiger partial charge in [-0.15, -0.1) is 0 Å². The summed E-state index contributed by atoms with van der Waals surface area (Å²) < 4.78 is 23.8. The first-order valence-corrected chi connectivity index (χ1v) is 8.14. The minimum atomic E-state index is -3.80. The first-order valence-electron chi connectivity index (χ1n) is 6.26. The fraction of sp³-hybridized carbons (Fsp3) is 0.167. The van der Waals surface area contributed by atoms with Crippen molar-refractivity contribution in [2.75, 3.05) is 5.32 Å². The summed E-state index contributed by atoms with van der Waals surface area (Å²) in [7, 11) is -3.80. The standard InChI is InChI=1S/C12H12ClN5O3S/c13-9-4-2-1-3-7(9)12(19)15-11-8-5-18(22(14,20)21)6-10(8)16-17-11/h1-4H,5-6H2,(H2,14,20,21)(H2,15,16,17,19). The Balaban J connectivity index is 1.82. The van der Waals surface area contributed by atoms with E-state index in [1.807, 2.05) is 0 Å². The van der Waals surface area contributed by atoms with Gasteiger partial charge in [0.2, 0.25) is 0 Å². The molecule has 8 nitrogen and oxygen atoms in total. The number of amides is 1. The van der Waals surface area contributed by atoms with Gasteiger partial charge in [0.05, 0.1) is 22.8 Å². The second-order valence-electron chi connectivity index (χ2n) is 4.77. The Bertz CT molecular complexity index is 848. The van der Waals surface area contributed by atoms with Crippen LogP contribution >= 0.6 is 11.6 Å². The molecule has 0 spiro atoms. The van der Waals surface area contributed by atoms with Crippen LogP contribution in [0.25, 0.3) is 0 Å². The quantitative estimate of drug-likeness (QED) is 0.765. The molecular formula is C12H12ClN5O3S. The molecule has 0 fully saturated rings. The lowest BCUT2D eigenvalue weighted by molar-refractivity contribution is 0.102. The number of nitrogens with two attached hydrogens (primary N) is 1. The second kappa shape index (κ2) is 5.36. The van der Waals surface area contributed by atoms with Gasteiger partial charge >= 0.3 is 0 Å². The minimum Gasteiger partial charge on any atom is -0.307 e. The average molecular weight is 342 g/mol. The van der Waals surface area contributed by atoms with Crippen molar-refractivity contribution in [2.45, 2.75) is 13.1 Å². The number of rotatable bonds is 3. The van der Waals surface area contributed by atoms with Crippen molar-refractivity contribution in [3.63, 3.8) is 0 Å². The lowest BCUT2D eigenvalue weighted by atomic mass is 10.2. The molecule has 1 aliphatic heterocycles. The van der Waals surface area contributed by atoms with E-state index < -0.39 is 16.1 Å². The van der Waals surface area contributed by atoms with E-state index in [1.165, 1.54) is 0 Å². The van der Waals surface area contributed by atoms with E-state index in [2.05, 4.69) is 15.5 Å². The highest BCUT2D eigenvalue weighted by molar-refractivity contribution is 7.86. The molecule has 1 aromatic heterocycles.